The third-order valence-electron chi connectivity index (χ3n) is 3.30. The number of nitro groups is 1. The van der Waals surface area contributed by atoms with Crippen LogP contribution in [0.5, 0.6) is 0 Å². The number of carbonyl (C=O) groups excluding carboxylic acids is 1. The SMILES string of the molecule is C[C@@H]1CN(C(=O)c2ccc(N)c([N+](=O)[O-])c2)CC(C(=O)O)O1. The predicted molar refractivity (Wildman–Crippen MR) is 75.4 cm³/mol. The average molecular weight is 309 g/mol. The molecular formula is C13H15N3O6. The molecule has 2 atom stereocenters. The number of nitrogens with two attached hydrogens (primary N) is 1. The number of nitro benzene ring substituents is 1. The highest BCUT2D eigenvalue weighted by molar-refractivity contribution is 5.96. The van der Waals surface area contributed by atoms with Crippen molar-refractivity contribution in [2.24, 2.45) is 0 Å². The Kier molecular flexibility index (Phi) is 4.27. The van der Waals surface area contributed by atoms with Crippen molar-refractivity contribution in [1.82, 2.24) is 4.90 Å². The molecule has 0 bridgehead atoms. The molecule has 9 nitrogen and oxygen atoms in total. The van der Waals surface area contributed by atoms with Crippen LogP contribution in [-0.4, -0.2) is 52.1 Å². The molecule has 9 heteroatoms. The van der Waals surface area contributed by atoms with Crippen molar-refractivity contribution in [1.29, 1.82) is 0 Å². The van der Waals surface area contributed by atoms with E-state index in [0.29, 0.717) is 0 Å². The first kappa shape index (κ1) is 15.7. The van der Waals surface area contributed by atoms with Crippen LogP contribution >= 0.6 is 0 Å². The number of rotatable bonds is 3. The van der Waals surface area contributed by atoms with E-state index in [0.717, 1.165) is 6.07 Å². The monoisotopic (exact) mass is 309 g/mol. The minimum absolute atomic E-state index is 0.0414. The van der Waals surface area contributed by atoms with Crippen LogP contribution in [0.25, 0.3) is 0 Å². The van der Waals surface area contributed by atoms with Crippen molar-refractivity contribution in [2.75, 3.05) is 18.8 Å². The zero-order valence-corrected chi connectivity index (χ0v) is 11.8. The van der Waals surface area contributed by atoms with E-state index in [4.69, 9.17) is 15.6 Å². The summed E-state index contributed by atoms with van der Waals surface area (Å²) in [6.07, 6.45) is -1.56. The Morgan fingerprint density at radius 3 is 2.73 bits per heavy atom. The van der Waals surface area contributed by atoms with Crippen LogP contribution < -0.4 is 5.73 Å². The lowest BCUT2D eigenvalue weighted by molar-refractivity contribution is -0.383. The van der Waals surface area contributed by atoms with Gasteiger partial charge in [0.2, 0.25) is 0 Å². The van der Waals surface area contributed by atoms with Gasteiger partial charge >= 0.3 is 5.97 Å². The van der Waals surface area contributed by atoms with Crippen molar-refractivity contribution in [3.63, 3.8) is 0 Å². The van der Waals surface area contributed by atoms with Crippen molar-refractivity contribution >= 4 is 23.3 Å². The van der Waals surface area contributed by atoms with Crippen LogP contribution in [-0.2, 0) is 9.53 Å². The number of carboxylic acid groups (broad SMARTS) is 1. The molecule has 2 rings (SSSR count). The summed E-state index contributed by atoms with van der Waals surface area (Å²) in [7, 11) is 0. The topological polar surface area (TPSA) is 136 Å². The van der Waals surface area contributed by atoms with E-state index in [2.05, 4.69) is 0 Å². The van der Waals surface area contributed by atoms with E-state index >= 15 is 0 Å². The summed E-state index contributed by atoms with van der Waals surface area (Å²) in [5.41, 5.74) is 5.17. The minimum atomic E-state index is -1.16. The van der Waals surface area contributed by atoms with E-state index in [9.17, 15) is 19.7 Å². The van der Waals surface area contributed by atoms with E-state index in [1.165, 1.54) is 17.0 Å². The first-order valence-corrected chi connectivity index (χ1v) is 6.51. The summed E-state index contributed by atoms with van der Waals surface area (Å²) < 4.78 is 5.22. The molecular weight excluding hydrogens is 294 g/mol. The zero-order valence-electron chi connectivity index (χ0n) is 11.8. The number of nitrogens with zero attached hydrogens (tertiary/aromatic N) is 2. The molecule has 3 N–H and O–H groups in total. The van der Waals surface area contributed by atoms with Gasteiger partial charge in [0.15, 0.2) is 6.10 Å². The quantitative estimate of drug-likeness (QED) is 0.471. The smallest absolute Gasteiger partial charge is 0.334 e. The zero-order chi connectivity index (χ0) is 16.4. The molecule has 1 aromatic carbocycles. The van der Waals surface area contributed by atoms with Gasteiger partial charge in [0.05, 0.1) is 17.6 Å². The molecule has 1 amide bonds. The Bertz CT molecular complexity index is 632. The molecule has 0 aromatic heterocycles. The van der Waals surface area contributed by atoms with Gasteiger partial charge in [-0.1, -0.05) is 0 Å². The number of anilines is 1. The Hall–Kier alpha value is -2.68. The number of morpholine rings is 1. The maximum atomic E-state index is 12.4. The Morgan fingerprint density at radius 2 is 2.14 bits per heavy atom. The van der Waals surface area contributed by atoms with Gasteiger partial charge in [0, 0.05) is 18.2 Å². The van der Waals surface area contributed by atoms with Gasteiger partial charge in [-0.3, -0.25) is 14.9 Å². The highest BCUT2D eigenvalue weighted by atomic mass is 16.6. The van der Waals surface area contributed by atoms with Crippen molar-refractivity contribution in [2.45, 2.75) is 19.1 Å². The van der Waals surface area contributed by atoms with Gasteiger partial charge in [-0.15, -0.1) is 0 Å². The van der Waals surface area contributed by atoms with Crippen LogP contribution in [0.4, 0.5) is 11.4 Å². The Labute approximate surface area is 125 Å². The average Bonchev–Trinajstić information content (AvgIpc) is 2.46. The summed E-state index contributed by atoms with van der Waals surface area (Å²) in [4.78, 5) is 34.9. The summed E-state index contributed by atoms with van der Waals surface area (Å²) in [5, 5.41) is 19.9. The molecule has 1 fully saturated rings. The lowest BCUT2D eigenvalue weighted by atomic mass is 10.1. The second-order valence-electron chi connectivity index (χ2n) is 5.01. The Morgan fingerprint density at radius 1 is 1.45 bits per heavy atom. The highest BCUT2D eigenvalue weighted by Crippen LogP contribution is 2.24. The van der Waals surface area contributed by atoms with Crippen LogP contribution in [0.3, 0.4) is 0 Å². The van der Waals surface area contributed by atoms with Gasteiger partial charge < -0.3 is 20.5 Å². The van der Waals surface area contributed by atoms with E-state index in [-0.39, 0.29) is 30.0 Å². The maximum Gasteiger partial charge on any atom is 0.334 e. The molecule has 1 aliphatic heterocycles. The molecule has 1 heterocycles. The molecule has 1 unspecified atom stereocenters. The normalized spacial score (nSPS) is 21.4. The molecule has 1 saturated heterocycles. The standard InChI is InChI=1S/C13H15N3O6/c1-7-5-15(6-11(22-7)13(18)19)12(17)8-2-3-9(14)10(4-8)16(20)21/h2-4,7,11H,5-6,14H2,1H3,(H,18,19)/t7-,11?/m1/s1. The van der Waals surface area contributed by atoms with Crippen molar-refractivity contribution < 1.29 is 24.4 Å². The highest BCUT2D eigenvalue weighted by Gasteiger charge is 2.33. The summed E-state index contributed by atoms with van der Waals surface area (Å²) in [5.74, 6) is -1.66. The number of hydrogen-bond acceptors (Lipinski definition) is 6. The second-order valence-corrected chi connectivity index (χ2v) is 5.01. The molecule has 118 valence electrons. The summed E-state index contributed by atoms with van der Waals surface area (Å²) >= 11 is 0. The van der Waals surface area contributed by atoms with Crippen LogP contribution in [0.1, 0.15) is 17.3 Å². The lowest BCUT2D eigenvalue weighted by Crippen LogP contribution is -2.51. The van der Waals surface area contributed by atoms with Gasteiger partial charge in [-0.25, -0.2) is 4.79 Å². The first-order valence-electron chi connectivity index (χ1n) is 6.51. The number of carbonyl (C=O) groups is 2. The van der Waals surface area contributed by atoms with E-state index < -0.39 is 29.0 Å². The Balaban J connectivity index is 2.25. The summed E-state index contributed by atoms with van der Waals surface area (Å²) in [6, 6.07) is 3.75. The number of aliphatic carboxylic acids is 1. The fourth-order valence-corrected chi connectivity index (χ4v) is 2.27. The van der Waals surface area contributed by atoms with E-state index in [1.807, 2.05) is 0 Å². The van der Waals surface area contributed by atoms with Gasteiger partial charge in [-0.05, 0) is 19.1 Å². The van der Waals surface area contributed by atoms with Gasteiger partial charge in [-0.2, -0.15) is 0 Å². The number of hydrogen-bond donors (Lipinski definition) is 2. The largest absolute Gasteiger partial charge is 0.479 e. The van der Waals surface area contributed by atoms with Crippen molar-refractivity contribution in [3.05, 3.63) is 33.9 Å². The molecule has 0 aliphatic carbocycles. The third-order valence-corrected chi connectivity index (χ3v) is 3.30. The predicted octanol–water partition coefficient (Wildman–Crippen LogP) is 0.491. The molecule has 0 radical (unpaired) electrons. The third kappa shape index (κ3) is 3.14. The number of nitrogen functional groups attached to an aromatic ring is 1. The molecule has 22 heavy (non-hydrogen) atoms. The fraction of sp³-hybridized carbons (Fsp3) is 0.385. The lowest BCUT2D eigenvalue weighted by Gasteiger charge is -2.34. The maximum absolute atomic E-state index is 12.4. The van der Waals surface area contributed by atoms with Crippen LogP contribution in [0.15, 0.2) is 18.2 Å². The van der Waals surface area contributed by atoms with Crippen LogP contribution in [0, 0.1) is 10.1 Å². The number of benzene rings is 1. The molecule has 1 aliphatic rings. The molecule has 0 spiro atoms. The second kappa shape index (κ2) is 5.98. The van der Waals surface area contributed by atoms with Crippen molar-refractivity contribution in [3.8, 4) is 0 Å². The fourth-order valence-electron chi connectivity index (χ4n) is 2.27. The van der Waals surface area contributed by atoms with E-state index in [1.54, 1.807) is 6.92 Å². The summed E-state index contributed by atoms with van der Waals surface area (Å²) in [6.45, 7) is 1.75. The van der Waals surface area contributed by atoms with Gasteiger partial charge in [0.25, 0.3) is 11.6 Å². The van der Waals surface area contributed by atoms with Gasteiger partial charge in [0.1, 0.15) is 5.69 Å². The number of ether oxygens (including phenoxy) is 1. The number of carboxylic acids is 1. The first-order chi connectivity index (χ1) is 10.3. The number of amides is 1. The minimum Gasteiger partial charge on any atom is -0.479 e. The molecule has 0 saturated carbocycles. The molecule has 1 aromatic rings. The van der Waals surface area contributed by atoms with Crippen LogP contribution in [0.2, 0.25) is 0 Å².